The SMILES string of the molecule is COc1ccsc1C(=O)Nc1ccnc(Cl)c1. The van der Waals surface area contributed by atoms with Crippen molar-refractivity contribution < 1.29 is 9.53 Å². The Morgan fingerprint density at radius 1 is 1.53 bits per heavy atom. The Morgan fingerprint density at radius 2 is 2.35 bits per heavy atom. The smallest absolute Gasteiger partial charge is 0.269 e. The van der Waals surface area contributed by atoms with Crippen LogP contribution in [0.3, 0.4) is 0 Å². The zero-order valence-corrected chi connectivity index (χ0v) is 10.5. The Morgan fingerprint density at radius 3 is 3.06 bits per heavy atom. The van der Waals surface area contributed by atoms with Crippen LogP contribution < -0.4 is 10.1 Å². The molecule has 17 heavy (non-hydrogen) atoms. The van der Waals surface area contributed by atoms with Gasteiger partial charge in [0.1, 0.15) is 15.8 Å². The maximum absolute atomic E-state index is 11.9. The molecule has 0 bridgehead atoms. The zero-order valence-electron chi connectivity index (χ0n) is 8.94. The number of carbonyl (C=O) groups excluding carboxylic acids is 1. The molecule has 2 aromatic rings. The second kappa shape index (κ2) is 5.16. The summed E-state index contributed by atoms with van der Waals surface area (Å²) in [6, 6.07) is 5.00. The molecule has 0 saturated carbocycles. The zero-order chi connectivity index (χ0) is 12.3. The highest BCUT2D eigenvalue weighted by molar-refractivity contribution is 7.12. The first-order valence-corrected chi connectivity index (χ1v) is 6.01. The number of pyridine rings is 1. The molecule has 0 fully saturated rings. The number of nitrogens with one attached hydrogen (secondary N) is 1. The lowest BCUT2D eigenvalue weighted by molar-refractivity contribution is 0.102. The van der Waals surface area contributed by atoms with Crippen molar-refractivity contribution in [1.82, 2.24) is 4.98 Å². The van der Waals surface area contributed by atoms with Crippen molar-refractivity contribution in [2.24, 2.45) is 0 Å². The highest BCUT2D eigenvalue weighted by Gasteiger charge is 2.13. The minimum Gasteiger partial charge on any atom is -0.495 e. The van der Waals surface area contributed by atoms with Crippen LogP contribution in [-0.2, 0) is 0 Å². The summed E-state index contributed by atoms with van der Waals surface area (Å²) in [5.41, 5.74) is 0.602. The van der Waals surface area contributed by atoms with E-state index in [9.17, 15) is 4.79 Å². The van der Waals surface area contributed by atoms with Gasteiger partial charge in [0.2, 0.25) is 0 Å². The summed E-state index contributed by atoms with van der Waals surface area (Å²) in [7, 11) is 1.53. The van der Waals surface area contributed by atoms with Gasteiger partial charge in [-0.25, -0.2) is 4.98 Å². The molecule has 1 amide bonds. The fourth-order valence-corrected chi connectivity index (χ4v) is 2.22. The average Bonchev–Trinajstić information content (AvgIpc) is 2.77. The molecule has 0 atom stereocenters. The number of hydrogen-bond donors (Lipinski definition) is 1. The van der Waals surface area contributed by atoms with Crippen molar-refractivity contribution in [3.05, 3.63) is 39.8 Å². The van der Waals surface area contributed by atoms with E-state index in [-0.39, 0.29) is 5.91 Å². The molecular weight excluding hydrogens is 260 g/mol. The molecule has 88 valence electrons. The maximum Gasteiger partial charge on any atom is 0.269 e. The van der Waals surface area contributed by atoms with Crippen LogP contribution >= 0.6 is 22.9 Å². The van der Waals surface area contributed by atoms with Crippen LogP contribution in [0.15, 0.2) is 29.8 Å². The number of methoxy groups -OCH3 is 1. The Hall–Kier alpha value is -1.59. The quantitative estimate of drug-likeness (QED) is 0.871. The van der Waals surface area contributed by atoms with Gasteiger partial charge in [0, 0.05) is 11.9 Å². The van der Waals surface area contributed by atoms with Crippen LogP contribution in [0.1, 0.15) is 9.67 Å². The summed E-state index contributed by atoms with van der Waals surface area (Å²) in [6.07, 6.45) is 1.53. The fraction of sp³-hybridized carbons (Fsp3) is 0.0909. The first-order chi connectivity index (χ1) is 8.20. The van der Waals surface area contributed by atoms with Gasteiger partial charge in [-0.05, 0) is 23.6 Å². The molecule has 0 spiro atoms. The molecule has 6 heteroatoms. The minimum absolute atomic E-state index is 0.223. The molecule has 2 heterocycles. The summed E-state index contributed by atoms with van der Waals surface area (Å²) in [5.74, 6) is 0.340. The number of halogens is 1. The number of carbonyl (C=O) groups is 1. The minimum atomic E-state index is -0.223. The van der Waals surface area contributed by atoms with E-state index in [0.717, 1.165) is 0 Å². The molecule has 0 aliphatic rings. The number of hydrogen-bond acceptors (Lipinski definition) is 4. The van der Waals surface area contributed by atoms with Gasteiger partial charge in [-0.2, -0.15) is 0 Å². The molecule has 0 unspecified atom stereocenters. The van der Waals surface area contributed by atoms with Crippen LogP contribution in [0.25, 0.3) is 0 Å². The van der Waals surface area contributed by atoms with Crippen molar-refractivity contribution in [2.45, 2.75) is 0 Å². The molecule has 0 aliphatic carbocycles. The van der Waals surface area contributed by atoms with Gasteiger partial charge in [-0.3, -0.25) is 4.79 Å². The second-order valence-corrected chi connectivity index (χ2v) is 4.44. The van der Waals surface area contributed by atoms with Gasteiger partial charge in [0.25, 0.3) is 5.91 Å². The summed E-state index contributed by atoms with van der Waals surface area (Å²) in [6.45, 7) is 0. The number of aromatic nitrogens is 1. The van der Waals surface area contributed by atoms with Gasteiger partial charge in [-0.1, -0.05) is 11.6 Å². The van der Waals surface area contributed by atoms with Gasteiger partial charge in [0.15, 0.2) is 0 Å². The number of ether oxygens (including phenoxy) is 1. The van der Waals surface area contributed by atoms with E-state index in [0.29, 0.717) is 21.5 Å². The van der Waals surface area contributed by atoms with E-state index in [2.05, 4.69) is 10.3 Å². The number of thiophene rings is 1. The monoisotopic (exact) mass is 268 g/mol. The first-order valence-electron chi connectivity index (χ1n) is 4.75. The molecule has 0 aromatic carbocycles. The third kappa shape index (κ3) is 2.75. The van der Waals surface area contributed by atoms with Crippen LogP contribution in [0.2, 0.25) is 5.15 Å². The maximum atomic E-state index is 11.9. The Bertz CT molecular complexity index is 542. The van der Waals surface area contributed by atoms with E-state index < -0.39 is 0 Å². The molecule has 1 N–H and O–H groups in total. The Kier molecular flexibility index (Phi) is 3.61. The normalized spacial score (nSPS) is 10.0. The lowest BCUT2D eigenvalue weighted by Gasteiger charge is -2.05. The standard InChI is InChI=1S/C11H9ClN2O2S/c1-16-8-3-5-17-10(8)11(15)14-7-2-4-13-9(12)6-7/h2-6H,1H3,(H,13,14,15). The van der Waals surface area contributed by atoms with E-state index in [1.807, 2.05) is 0 Å². The van der Waals surface area contributed by atoms with Crippen molar-refractivity contribution in [2.75, 3.05) is 12.4 Å². The van der Waals surface area contributed by atoms with E-state index >= 15 is 0 Å². The number of rotatable bonds is 3. The van der Waals surface area contributed by atoms with Gasteiger partial charge in [-0.15, -0.1) is 11.3 Å². The molecule has 0 radical (unpaired) electrons. The predicted octanol–water partition coefficient (Wildman–Crippen LogP) is 3.06. The lowest BCUT2D eigenvalue weighted by atomic mass is 10.3. The number of amides is 1. The van der Waals surface area contributed by atoms with E-state index in [4.69, 9.17) is 16.3 Å². The van der Waals surface area contributed by atoms with Crippen molar-refractivity contribution >= 4 is 34.5 Å². The first kappa shape index (κ1) is 11.9. The summed E-state index contributed by atoms with van der Waals surface area (Å²) < 4.78 is 5.08. The van der Waals surface area contributed by atoms with Crippen molar-refractivity contribution in [1.29, 1.82) is 0 Å². The molecule has 0 saturated heterocycles. The predicted molar refractivity (Wildman–Crippen MR) is 68.1 cm³/mol. The van der Waals surface area contributed by atoms with E-state index in [1.54, 1.807) is 23.6 Å². The van der Waals surface area contributed by atoms with Crippen LogP contribution in [0.4, 0.5) is 5.69 Å². The molecule has 2 rings (SSSR count). The van der Waals surface area contributed by atoms with Gasteiger partial charge in [0.05, 0.1) is 7.11 Å². The highest BCUT2D eigenvalue weighted by atomic mass is 35.5. The summed E-state index contributed by atoms with van der Waals surface area (Å²) >= 11 is 7.05. The van der Waals surface area contributed by atoms with Crippen molar-refractivity contribution in [3.63, 3.8) is 0 Å². The fourth-order valence-electron chi connectivity index (χ4n) is 1.29. The van der Waals surface area contributed by atoms with E-state index in [1.165, 1.54) is 24.6 Å². The van der Waals surface area contributed by atoms with Gasteiger partial charge < -0.3 is 10.1 Å². The second-order valence-electron chi connectivity index (χ2n) is 3.14. The molecular formula is C11H9ClN2O2S. The van der Waals surface area contributed by atoms with Crippen LogP contribution in [0, 0.1) is 0 Å². The number of anilines is 1. The number of nitrogens with zero attached hydrogens (tertiary/aromatic N) is 1. The Labute approximate surface area is 107 Å². The summed E-state index contributed by atoms with van der Waals surface area (Å²) in [4.78, 5) is 16.3. The summed E-state index contributed by atoms with van der Waals surface area (Å²) in [5, 5.41) is 4.86. The topological polar surface area (TPSA) is 51.2 Å². The molecule has 0 aliphatic heterocycles. The van der Waals surface area contributed by atoms with Crippen LogP contribution in [-0.4, -0.2) is 18.0 Å². The largest absolute Gasteiger partial charge is 0.495 e. The molecule has 2 aromatic heterocycles. The molecule has 4 nitrogen and oxygen atoms in total. The van der Waals surface area contributed by atoms with Crippen molar-refractivity contribution in [3.8, 4) is 5.75 Å². The Balaban J connectivity index is 2.17. The third-order valence-corrected chi connectivity index (χ3v) is 3.14. The third-order valence-electron chi connectivity index (χ3n) is 2.04. The van der Waals surface area contributed by atoms with Crippen LogP contribution in [0.5, 0.6) is 5.75 Å². The average molecular weight is 269 g/mol. The van der Waals surface area contributed by atoms with Gasteiger partial charge >= 0.3 is 0 Å². The highest BCUT2D eigenvalue weighted by Crippen LogP contribution is 2.25. The lowest BCUT2D eigenvalue weighted by Crippen LogP contribution is -2.11.